The summed E-state index contributed by atoms with van der Waals surface area (Å²) >= 11 is 0. The Morgan fingerprint density at radius 3 is 1.52 bits per heavy atom. The van der Waals surface area contributed by atoms with Crippen molar-refractivity contribution in [2.45, 2.75) is 76.8 Å². The van der Waals surface area contributed by atoms with Crippen molar-refractivity contribution in [2.75, 3.05) is 0 Å². The molecule has 10 heteroatoms. The predicted molar refractivity (Wildman–Crippen MR) is 137 cm³/mol. The molecule has 0 radical (unpaired) electrons. The van der Waals surface area contributed by atoms with Gasteiger partial charge in [0.2, 0.25) is 0 Å². The monoisotopic (exact) mass is 500 g/mol. The maximum atomic E-state index is 12.0. The summed E-state index contributed by atoms with van der Waals surface area (Å²) in [6.07, 6.45) is 4.98. The third kappa shape index (κ3) is 13.2. The molecule has 176 valence electrons. The van der Waals surface area contributed by atoms with Crippen molar-refractivity contribution in [3.63, 3.8) is 0 Å². The van der Waals surface area contributed by atoms with Gasteiger partial charge in [-0.25, -0.2) is 0 Å². The van der Waals surface area contributed by atoms with Crippen molar-refractivity contribution in [1.82, 2.24) is 0 Å². The molecule has 0 saturated carbocycles. The molecule has 0 N–H and O–H groups in total. The van der Waals surface area contributed by atoms with Gasteiger partial charge in [-0.3, -0.25) is 14.4 Å². The number of ketones is 3. The Bertz CT molecular complexity index is 702. The first-order valence-electron chi connectivity index (χ1n) is 10.5. The zero-order valence-electron chi connectivity index (χ0n) is 20.3. The van der Waals surface area contributed by atoms with E-state index in [2.05, 4.69) is 19.7 Å². The van der Waals surface area contributed by atoms with E-state index in [0.717, 1.165) is 0 Å². The normalized spacial score (nSPS) is 14.4. The first kappa shape index (κ1) is 30.0. The van der Waals surface area contributed by atoms with Crippen LogP contribution in [0.4, 0.5) is 0 Å². The molecule has 0 spiro atoms. The zero-order valence-corrected chi connectivity index (χ0v) is 24.3. The van der Waals surface area contributed by atoms with Crippen LogP contribution in [0, 0.1) is 0 Å². The summed E-state index contributed by atoms with van der Waals surface area (Å²) in [5.41, 5.74) is 0. The van der Waals surface area contributed by atoms with Gasteiger partial charge in [-0.05, 0) is 76.5 Å². The standard InChI is InChI=1S/C21H40O6Si4/c1-11-19(22)15-14-16-31(10,26-29(6,7)18-21(24)13-3)27-30(8,9)25-28(4,5)17-20(23)12-2/h11-13H,1-3,14-18H2,4-10H3. The van der Waals surface area contributed by atoms with Crippen LogP contribution >= 0.6 is 0 Å². The van der Waals surface area contributed by atoms with Crippen LogP contribution in [0.15, 0.2) is 38.0 Å². The lowest BCUT2D eigenvalue weighted by atomic mass is 10.2. The zero-order chi connectivity index (χ0) is 24.5. The van der Waals surface area contributed by atoms with Gasteiger partial charge in [0.1, 0.15) is 0 Å². The fraction of sp³-hybridized carbons (Fsp3) is 0.571. The molecule has 0 fully saturated rings. The molecule has 0 rings (SSSR count). The van der Waals surface area contributed by atoms with E-state index in [1.165, 1.54) is 18.2 Å². The van der Waals surface area contributed by atoms with Crippen LogP contribution in [0.5, 0.6) is 0 Å². The van der Waals surface area contributed by atoms with Crippen molar-refractivity contribution >= 4 is 51.1 Å². The molecular formula is C21H40O6Si4. The highest BCUT2D eigenvalue weighted by Crippen LogP contribution is 2.30. The average molecular weight is 501 g/mol. The molecule has 1 unspecified atom stereocenters. The van der Waals surface area contributed by atoms with Gasteiger partial charge < -0.3 is 12.3 Å². The Morgan fingerprint density at radius 1 is 0.677 bits per heavy atom. The summed E-state index contributed by atoms with van der Waals surface area (Å²) in [6, 6.07) is 1.28. The summed E-state index contributed by atoms with van der Waals surface area (Å²) in [4.78, 5) is 35.5. The molecule has 0 aliphatic heterocycles. The summed E-state index contributed by atoms with van der Waals surface area (Å²) in [5, 5.41) is 0. The Hall–Kier alpha value is -1.02. The van der Waals surface area contributed by atoms with Gasteiger partial charge in [0.15, 0.2) is 34.0 Å². The average Bonchev–Trinajstić information content (AvgIpc) is 2.57. The molecule has 31 heavy (non-hydrogen) atoms. The minimum Gasteiger partial charge on any atom is -0.436 e. The second-order valence-corrected chi connectivity index (χ2v) is 25.3. The van der Waals surface area contributed by atoms with E-state index in [1.807, 2.05) is 45.8 Å². The SMILES string of the molecule is C=CC(=O)CCC[Si](C)(O[Si](C)(C)CC(=O)C=C)O[Si](C)(C)O[Si](C)(C)CC(=O)C=C. The molecule has 0 bridgehead atoms. The molecule has 0 saturated heterocycles. The van der Waals surface area contributed by atoms with Crippen LogP contribution < -0.4 is 0 Å². The second-order valence-electron chi connectivity index (χ2n) is 9.58. The Balaban J connectivity index is 5.59. The van der Waals surface area contributed by atoms with Gasteiger partial charge >= 0.3 is 17.1 Å². The van der Waals surface area contributed by atoms with E-state index in [0.29, 0.717) is 31.0 Å². The van der Waals surface area contributed by atoms with Crippen molar-refractivity contribution < 1.29 is 26.7 Å². The van der Waals surface area contributed by atoms with E-state index in [4.69, 9.17) is 12.3 Å². The highest BCUT2D eigenvalue weighted by Gasteiger charge is 2.46. The maximum absolute atomic E-state index is 12.0. The first-order chi connectivity index (χ1) is 14.0. The van der Waals surface area contributed by atoms with Crippen molar-refractivity contribution in [1.29, 1.82) is 0 Å². The molecule has 0 aromatic carbocycles. The molecule has 6 nitrogen and oxygen atoms in total. The molecule has 0 amide bonds. The lowest BCUT2D eigenvalue weighted by Crippen LogP contribution is -2.58. The predicted octanol–water partition coefficient (Wildman–Crippen LogP) is 5.27. The Labute approximate surface area is 192 Å². The van der Waals surface area contributed by atoms with Gasteiger partial charge in [0, 0.05) is 18.5 Å². The summed E-state index contributed by atoms with van der Waals surface area (Å²) < 4.78 is 19.7. The number of carbonyl (C=O) groups is 3. The van der Waals surface area contributed by atoms with Crippen molar-refractivity contribution in [3.05, 3.63) is 38.0 Å². The van der Waals surface area contributed by atoms with Gasteiger partial charge in [0.25, 0.3) is 0 Å². The van der Waals surface area contributed by atoms with Gasteiger partial charge in [0.05, 0.1) is 0 Å². The number of carbonyl (C=O) groups excluding carboxylic acids is 3. The minimum absolute atomic E-state index is 0.0149. The van der Waals surface area contributed by atoms with Gasteiger partial charge in [-0.1, -0.05) is 19.7 Å². The molecule has 0 heterocycles. The third-order valence-corrected chi connectivity index (χ3v) is 19.9. The van der Waals surface area contributed by atoms with Crippen LogP contribution in [0.25, 0.3) is 0 Å². The molecule has 0 aromatic heterocycles. The number of hydrogen-bond donors (Lipinski definition) is 0. The first-order valence-corrected chi connectivity index (χ1v) is 22.1. The van der Waals surface area contributed by atoms with E-state index in [1.54, 1.807) is 0 Å². The second kappa shape index (κ2) is 12.3. The molecule has 1 atom stereocenters. The van der Waals surface area contributed by atoms with Crippen molar-refractivity contribution in [3.8, 4) is 0 Å². The fourth-order valence-corrected chi connectivity index (χ4v) is 23.1. The minimum atomic E-state index is -2.78. The third-order valence-electron chi connectivity index (χ3n) is 4.41. The summed E-state index contributed by atoms with van der Waals surface area (Å²) in [6.45, 7) is 24.5. The smallest absolute Gasteiger partial charge is 0.315 e. The van der Waals surface area contributed by atoms with Crippen molar-refractivity contribution in [2.24, 2.45) is 0 Å². The van der Waals surface area contributed by atoms with E-state index < -0.39 is 33.8 Å². The quantitative estimate of drug-likeness (QED) is 0.200. The largest absolute Gasteiger partial charge is 0.436 e. The molecule has 0 aromatic rings. The van der Waals surface area contributed by atoms with Crippen LogP contribution in [0.1, 0.15) is 12.8 Å². The summed E-state index contributed by atoms with van der Waals surface area (Å²) in [7, 11) is -10.1. The maximum Gasteiger partial charge on any atom is 0.315 e. The topological polar surface area (TPSA) is 78.9 Å². The molecule has 0 aliphatic rings. The number of hydrogen-bond acceptors (Lipinski definition) is 6. The van der Waals surface area contributed by atoms with Gasteiger partial charge in [-0.2, -0.15) is 0 Å². The number of allylic oxidation sites excluding steroid dienone is 3. The highest BCUT2D eigenvalue weighted by molar-refractivity contribution is 6.90. The van der Waals surface area contributed by atoms with E-state index in [9.17, 15) is 14.4 Å². The Morgan fingerprint density at radius 2 is 1.10 bits per heavy atom. The molecular weight excluding hydrogens is 461 g/mol. The van der Waals surface area contributed by atoms with E-state index in [-0.39, 0.29) is 17.3 Å². The lowest BCUT2D eigenvalue weighted by molar-refractivity contribution is -0.115. The van der Waals surface area contributed by atoms with Crippen LogP contribution in [-0.2, 0) is 26.7 Å². The van der Waals surface area contributed by atoms with Crippen LogP contribution in [-0.4, -0.2) is 51.1 Å². The Kier molecular flexibility index (Phi) is 11.9. The van der Waals surface area contributed by atoms with E-state index >= 15 is 0 Å². The lowest BCUT2D eigenvalue weighted by Gasteiger charge is -2.42. The van der Waals surface area contributed by atoms with Crippen LogP contribution in [0.2, 0.25) is 64.0 Å². The number of rotatable bonds is 17. The summed E-state index contributed by atoms with van der Waals surface area (Å²) in [5.74, 6) is -0.0878. The van der Waals surface area contributed by atoms with Gasteiger partial charge in [-0.15, -0.1) is 0 Å². The fourth-order valence-electron chi connectivity index (χ4n) is 3.65. The van der Waals surface area contributed by atoms with Crippen LogP contribution in [0.3, 0.4) is 0 Å². The molecule has 0 aliphatic carbocycles. The highest BCUT2D eigenvalue weighted by atomic mass is 28.5.